The Morgan fingerprint density at radius 3 is 2.64 bits per heavy atom. The Bertz CT molecular complexity index is 1240. The molecule has 0 N–H and O–H groups in total. The van der Waals surface area contributed by atoms with Crippen molar-refractivity contribution in [3.8, 4) is 5.69 Å². The maximum absolute atomic E-state index is 14.1. The van der Waals surface area contributed by atoms with Crippen LogP contribution in [0.15, 0.2) is 58.5 Å². The molecule has 0 amide bonds. The molecule has 0 aliphatic rings. The molecule has 0 saturated carbocycles. The van der Waals surface area contributed by atoms with Crippen molar-refractivity contribution < 1.29 is 4.39 Å². The standard InChI is InChI=1S/C22H19FN2OS2/c1-13-7-6-9-17(11-13)25-21(26)19-14(2)15(3)28-20(19)24-22(25)27-12-16-8-4-5-10-18(16)23/h4-11H,12H2,1-3H3. The Balaban J connectivity index is 1.89. The number of aromatic nitrogens is 2. The molecule has 0 atom stereocenters. The first kappa shape index (κ1) is 18.9. The molecule has 0 aliphatic heterocycles. The van der Waals surface area contributed by atoms with Gasteiger partial charge in [0.05, 0.1) is 11.1 Å². The van der Waals surface area contributed by atoms with E-state index in [1.54, 1.807) is 16.7 Å². The molecule has 4 rings (SSSR count). The Hall–Kier alpha value is -2.44. The second-order valence-electron chi connectivity index (χ2n) is 6.72. The molecule has 3 nitrogen and oxygen atoms in total. The zero-order valence-electron chi connectivity index (χ0n) is 15.8. The highest BCUT2D eigenvalue weighted by molar-refractivity contribution is 7.98. The number of halogens is 1. The number of thiophene rings is 1. The first-order valence-corrected chi connectivity index (χ1v) is 10.7. The summed E-state index contributed by atoms with van der Waals surface area (Å²) in [5.41, 5.74) is 3.33. The topological polar surface area (TPSA) is 34.9 Å². The zero-order chi connectivity index (χ0) is 19.8. The van der Waals surface area contributed by atoms with Gasteiger partial charge in [0, 0.05) is 10.6 Å². The third-order valence-electron chi connectivity index (χ3n) is 4.75. The Kier molecular flexibility index (Phi) is 5.08. The van der Waals surface area contributed by atoms with Crippen molar-refractivity contribution in [2.75, 3.05) is 0 Å². The van der Waals surface area contributed by atoms with Crippen LogP contribution < -0.4 is 5.56 Å². The molecule has 0 radical (unpaired) electrons. The van der Waals surface area contributed by atoms with Crippen LogP contribution in [-0.4, -0.2) is 9.55 Å². The molecule has 0 saturated heterocycles. The van der Waals surface area contributed by atoms with Gasteiger partial charge in [-0.3, -0.25) is 9.36 Å². The molecule has 0 fully saturated rings. The lowest BCUT2D eigenvalue weighted by Gasteiger charge is -2.13. The summed E-state index contributed by atoms with van der Waals surface area (Å²) in [7, 11) is 0. The van der Waals surface area contributed by atoms with Gasteiger partial charge in [-0.05, 0) is 55.7 Å². The smallest absolute Gasteiger partial charge is 0.267 e. The van der Waals surface area contributed by atoms with Gasteiger partial charge in [-0.25, -0.2) is 9.37 Å². The van der Waals surface area contributed by atoms with Gasteiger partial charge in [-0.2, -0.15) is 0 Å². The van der Waals surface area contributed by atoms with E-state index in [1.165, 1.54) is 29.2 Å². The van der Waals surface area contributed by atoms with Crippen LogP contribution in [0.1, 0.15) is 21.6 Å². The molecule has 142 valence electrons. The fourth-order valence-corrected chi connectivity index (χ4v) is 5.19. The van der Waals surface area contributed by atoms with E-state index in [0.29, 0.717) is 21.9 Å². The molecule has 0 spiro atoms. The summed E-state index contributed by atoms with van der Waals surface area (Å²) in [4.78, 5) is 20.0. The zero-order valence-corrected chi connectivity index (χ0v) is 17.5. The molecule has 0 aliphatic carbocycles. The van der Waals surface area contributed by atoms with E-state index in [-0.39, 0.29) is 11.4 Å². The van der Waals surface area contributed by atoms with Crippen molar-refractivity contribution in [1.29, 1.82) is 0 Å². The van der Waals surface area contributed by atoms with Crippen molar-refractivity contribution >= 4 is 33.3 Å². The molecule has 2 aromatic carbocycles. The monoisotopic (exact) mass is 410 g/mol. The van der Waals surface area contributed by atoms with Crippen LogP contribution in [0.2, 0.25) is 0 Å². The Labute approximate surface area is 170 Å². The Morgan fingerprint density at radius 1 is 1.11 bits per heavy atom. The van der Waals surface area contributed by atoms with E-state index >= 15 is 0 Å². The summed E-state index contributed by atoms with van der Waals surface area (Å²) >= 11 is 2.90. The highest BCUT2D eigenvalue weighted by Gasteiger charge is 2.18. The Morgan fingerprint density at radius 2 is 1.89 bits per heavy atom. The van der Waals surface area contributed by atoms with Gasteiger partial charge in [0.1, 0.15) is 10.6 Å². The number of thioether (sulfide) groups is 1. The highest BCUT2D eigenvalue weighted by atomic mass is 32.2. The molecule has 6 heteroatoms. The number of nitrogens with zero attached hydrogens (tertiary/aromatic N) is 2. The van der Waals surface area contributed by atoms with Crippen molar-refractivity contribution in [3.05, 3.63) is 86.3 Å². The molecular weight excluding hydrogens is 391 g/mol. The van der Waals surface area contributed by atoms with Crippen LogP contribution in [0, 0.1) is 26.6 Å². The van der Waals surface area contributed by atoms with Crippen molar-refractivity contribution in [3.63, 3.8) is 0 Å². The quantitative estimate of drug-likeness (QED) is 0.315. The van der Waals surface area contributed by atoms with Gasteiger partial charge in [0.25, 0.3) is 5.56 Å². The summed E-state index contributed by atoms with van der Waals surface area (Å²) in [6, 6.07) is 14.5. The van der Waals surface area contributed by atoms with E-state index in [2.05, 4.69) is 0 Å². The van der Waals surface area contributed by atoms with E-state index in [4.69, 9.17) is 4.98 Å². The molecule has 0 unspecified atom stereocenters. The SMILES string of the molecule is Cc1cccc(-n2c(SCc3ccccc3F)nc3sc(C)c(C)c3c2=O)c1. The summed E-state index contributed by atoms with van der Waals surface area (Å²) in [5, 5.41) is 1.24. The summed E-state index contributed by atoms with van der Waals surface area (Å²) in [5.74, 6) is 0.156. The van der Waals surface area contributed by atoms with E-state index < -0.39 is 0 Å². The van der Waals surface area contributed by atoms with Crippen LogP contribution in [0.3, 0.4) is 0 Å². The molecule has 0 bridgehead atoms. The van der Waals surface area contributed by atoms with E-state index in [1.807, 2.05) is 51.1 Å². The summed E-state index contributed by atoms with van der Waals surface area (Å²) in [6.45, 7) is 5.96. The first-order chi connectivity index (χ1) is 13.5. The number of rotatable bonds is 4. The predicted octanol–water partition coefficient (Wildman–Crippen LogP) is 5.80. The van der Waals surface area contributed by atoms with Gasteiger partial charge in [0.15, 0.2) is 5.16 Å². The predicted molar refractivity (Wildman–Crippen MR) is 115 cm³/mol. The van der Waals surface area contributed by atoms with Gasteiger partial charge in [-0.15, -0.1) is 11.3 Å². The fraction of sp³-hybridized carbons (Fsp3) is 0.182. The van der Waals surface area contributed by atoms with Crippen LogP contribution in [-0.2, 0) is 5.75 Å². The first-order valence-electron chi connectivity index (χ1n) is 8.91. The molecule has 2 aromatic heterocycles. The van der Waals surface area contributed by atoms with Gasteiger partial charge < -0.3 is 0 Å². The highest BCUT2D eigenvalue weighted by Crippen LogP contribution is 2.31. The van der Waals surface area contributed by atoms with Gasteiger partial charge >= 0.3 is 0 Å². The minimum atomic E-state index is -0.247. The van der Waals surface area contributed by atoms with Crippen LogP contribution in [0.25, 0.3) is 15.9 Å². The number of fused-ring (bicyclic) bond motifs is 1. The molecule has 4 aromatic rings. The lowest BCUT2D eigenvalue weighted by molar-refractivity contribution is 0.617. The third-order valence-corrected chi connectivity index (χ3v) is 6.84. The van der Waals surface area contributed by atoms with Crippen LogP contribution >= 0.6 is 23.1 Å². The average Bonchev–Trinajstić information content (AvgIpc) is 2.95. The average molecular weight is 411 g/mol. The maximum Gasteiger partial charge on any atom is 0.267 e. The van der Waals surface area contributed by atoms with Gasteiger partial charge in [0.2, 0.25) is 0 Å². The van der Waals surface area contributed by atoms with Crippen LogP contribution in [0.4, 0.5) is 4.39 Å². The summed E-state index contributed by atoms with van der Waals surface area (Å²) < 4.78 is 15.7. The van der Waals surface area contributed by atoms with Crippen LogP contribution in [0.5, 0.6) is 0 Å². The second-order valence-corrected chi connectivity index (χ2v) is 8.86. The third kappa shape index (κ3) is 3.38. The molecule has 2 heterocycles. The van der Waals surface area contributed by atoms with Crippen molar-refractivity contribution in [1.82, 2.24) is 9.55 Å². The summed E-state index contributed by atoms with van der Waals surface area (Å²) in [6.07, 6.45) is 0. The minimum Gasteiger partial charge on any atom is -0.268 e. The number of aryl methyl sites for hydroxylation is 3. The number of hydrogen-bond acceptors (Lipinski definition) is 4. The maximum atomic E-state index is 14.1. The lowest BCUT2D eigenvalue weighted by atomic mass is 10.2. The second kappa shape index (κ2) is 7.53. The van der Waals surface area contributed by atoms with E-state index in [9.17, 15) is 9.18 Å². The number of hydrogen-bond donors (Lipinski definition) is 0. The van der Waals surface area contributed by atoms with Crippen molar-refractivity contribution in [2.24, 2.45) is 0 Å². The van der Waals surface area contributed by atoms with E-state index in [0.717, 1.165) is 26.5 Å². The van der Waals surface area contributed by atoms with Gasteiger partial charge in [-0.1, -0.05) is 42.1 Å². The molecule has 28 heavy (non-hydrogen) atoms. The lowest BCUT2D eigenvalue weighted by Crippen LogP contribution is -2.21. The fourth-order valence-electron chi connectivity index (χ4n) is 3.12. The largest absolute Gasteiger partial charge is 0.268 e. The number of benzene rings is 2. The van der Waals surface area contributed by atoms with Crippen molar-refractivity contribution in [2.45, 2.75) is 31.7 Å². The normalized spacial score (nSPS) is 11.3. The minimum absolute atomic E-state index is 0.0755. The molecular formula is C22H19FN2OS2.